The van der Waals surface area contributed by atoms with Crippen LogP contribution in [0.25, 0.3) is 11.4 Å². The van der Waals surface area contributed by atoms with Gasteiger partial charge in [0.2, 0.25) is 5.91 Å². The largest absolute Gasteiger partial charge is 0.491 e. The Bertz CT molecular complexity index is 1090. The van der Waals surface area contributed by atoms with E-state index in [1.807, 2.05) is 0 Å². The van der Waals surface area contributed by atoms with Gasteiger partial charge in [-0.15, -0.1) is 0 Å². The fourth-order valence-corrected chi connectivity index (χ4v) is 2.89. The van der Waals surface area contributed by atoms with Gasteiger partial charge in [0, 0.05) is 17.1 Å². The van der Waals surface area contributed by atoms with Crippen LogP contribution in [0.1, 0.15) is 33.1 Å². The highest BCUT2D eigenvalue weighted by Gasteiger charge is 2.30. The highest BCUT2D eigenvalue weighted by Crippen LogP contribution is 2.34. The molecular formula is C23H25ClFN5O2. The van der Waals surface area contributed by atoms with Gasteiger partial charge in [-0.1, -0.05) is 31.9 Å². The summed E-state index contributed by atoms with van der Waals surface area (Å²) in [4.78, 5) is 24.8. The molecule has 1 saturated carbocycles. The lowest BCUT2D eigenvalue weighted by molar-refractivity contribution is -0.117. The molecule has 2 aromatic heterocycles. The Labute approximate surface area is 191 Å². The number of hydrogen-bond donors (Lipinski definition) is 2. The van der Waals surface area contributed by atoms with E-state index in [9.17, 15) is 9.18 Å². The van der Waals surface area contributed by atoms with Crippen molar-refractivity contribution in [2.75, 3.05) is 17.7 Å². The molecule has 168 valence electrons. The third-order valence-electron chi connectivity index (χ3n) is 4.42. The third-order valence-corrected chi connectivity index (χ3v) is 4.66. The summed E-state index contributed by atoms with van der Waals surface area (Å²) in [6.07, 6.45) is 7.61. The fourth-order valence-electron chi connectivity index (χ4n) is 2.72. The molecule has 4 rings (SSSR count). The molecule has 1 aliphatic carbocycles. The Morgan fingerprint density at radius 3 is 2.66 bits per heavy atom. The average molecular weight is 458 g/mol. The number of hydrogen-bond acceptors (Lipinski definition) is 6. The number of methoxy groups -OCH3 is 1. The number of ether oxygens (including phenoxy) is 1. The summed E-state index contributed by atoms with van der Waals surface area (Å²) in [5.41, 5.74) is 1.25. The van der Waals surface area contributed by atoms with E-state index in [4.69, 9.17) is 16.3 Å². The molecule has 7 nitrogen and oxygen atoms in total. The van der Waals surface area contributed by atoms with Gasteiger partial charge in [-0.2, -0.15) is 0 Å². The van der Waals surface area contributed by atoms with Crippen LogP contribution >= 0.6 is 11.6 Å². The number of pyridine rings is 1. The van der Waals surface area contributed by atoms with Crippen molar-refractivity contribution < 1.29 is 13.9 Å². The minimum atomic E-state index is -0.494. The molecule has 1 aromatic carbocycles. The first-order chi connectivity index (χ1) is 15.5. The molecule has 0 saturated heterocycles. The molecule has 0 atom stereocenters. The van der Waals surface area contributed by atoms with Crippen LogP contribution in [0.5, 0.6) is 5.75 Å². The van der Waals surface area contributed by atoms with Crippen LogP contribution in [0, 0.1) is 11.7 Å². The number of halogens is 2. The molecule has 1 amide bonds. The summed E-state index contributed by atoms with van der Waals surface area (Å²) >= 11 is 5.98. The van der Waals surface area contributed by atoms with Crippen LogP contribution in [-0.2, 0) is 4.79 Å². The molecular weight excluding hydrogens is 433 g/mol. The minimum Gasteiger partial charge on any atom is -0.491 e. The molecule has 32 heavy (non-hydrogen) atoms. The van der Waals surface area contributed by atoms with Crippen molar-refractivity contribution in [3.05, 3.63) is 53.7 Å². The van der Waals surface area contributed by atoms with E-state index in [0.717, 1.165) is 12.8 Å². The van der Waals surface area contributed by atoms with Crippen molar-refractivity contribution in [3.63, 3.8) is 0 Å². The molecule has 1 aliphatic rings. The molecule has 3 aromatic rings. The molecule has 0 bridgehead atoms. The zero-order chi connectivity index (χ0) is 23.1. The maximum absolute atomic E-state index is 14.2. The Hall–Kier alpha value is -3.26. The van der Waals surface area contributed by atoms with Gasteiger partial charge in [0.1, 0.15) is 5.82 Å². The highest BCUT2D eigenvalue weighted by molar-refractivity contribution is 6.30. The summed E-state index contributed by atoms with van der Waals surface area (Å²) in [6.45, 7) is 4.25. The minimum absolute atomic E-state index is 0.0441. The standard InChI is InChI=1S/C20H17ClFN5O2.C3H8/c1-29-17-10-24-18(13-8-12(21)4-5-14(13)22)27-19(17)25-15-6-7-23-9-16(15)26-20(28)11-2-3-11;1-3-2/h4-11H,2-3H2,1H3,(H,26,28)(H,23,24,25,27);3H2,1-2H3. The fraction of sp³-hybridized carbons (Fsp3) is 0.304. The molecule has 2 N–H and O–H groups in total. The van der Waals surface area contributed by atoms with Gasteiger partial charge in [-0.25, -0.2) is 14.4 Å². The van der Waals surface area contributed by atoms with Crippen LogP contribution < -0.4 is 15.4 Å². The summed E-state index contributed by atoms with van der Waals surface area (Å²) < 4.78 is 19.6. The predicted molar refractivity (Wildman–Crippen MR) is 124 cm³/mol. The number of anilines is 3. The van der Waals surface area contributed by atoms with Crippen molar-refractivity contribution in [2.24, 2.45) is 5.92 Å². The summed E-state index contributed by atoms with van der Waals surface area (Å²) in [6, 6.07) is 5.86. The first kappa shape index (κ1) is 23.4. The van der Waals surface area contributed by atoms with Crippen molar-refractivity contribution in [2.45, 2.75) is 33.1 Å². The van der Waals surface area contributed by atoms with Gasteiger partial charge in [-0.3, -0.25) is 9.78 Å². The number of benzene rings is 1. The monoisotopic (exact) mass is 457 g/mol. The Morgan fingerprint density at radius 1 is 1.22 bits per heavy atom. The van der Waals surface area contributed by atoms with E-state index in [1.165, 1.54) is 37.9 Å². The van der Waals surface area contributed by atoms with Crippen molar-refractivity contribution in [1.82, 2.24) is 15.0 Å². The number of nitrogens with one attached hydrogen (secondary N) is 2. The summed E-state index contributed by atoms with van der Waals surface area (Å²) in [7, 11) is 1.48. The lowest BCUT2D eigenvalue weighted by Gasteiger charge is -2.15. The maximum atomic E-state index is 14.2. The molecule has 0 radical (unpaired) electrons. The van der Waals surface area contributed by atoms with Gasteiger partial charge in [0.05, 0.1) is 36.4 Å². The van der Waals surface area contributed by atoms with E-state index in [-0.39, 0.29) is 23.2 Å². The Kier molecular flexibility index (Phi) is 7.94. The molecule has 1 fully saturated rings. The highest BCUT2D eigenvalue weighted by atomic mass is 35.5. The van der Waals surface area contributed by atoms with Crippen LogP contribution in [-0.4, -0.2) is 28.0 Å². The quantitative estimate of drug-likeness (QED) is 0.482. The number of aromatic nitrogens is 3. The van der Waals surface area contributed by atoms with Gasteiger partial charge >= 0.3 is 0 Å². The zero-order valence-corrected chi connectivity index (χ0v) is 18.9. The second-order valence-corrected chi connectivity index (χ2v) is 7.69. The van der Waals surface area contributed by atoms with Gasteiger partial charge < -0.3 is 15.4 Å². The molecule has 0 spiro atoms. The smallest absolute Gasteiger partial charge is 0.227 e. The molecule has 0 unspecified atom stereocenters. The number of rotatable bonds is 6. The van der Waals surface area contributed by atoms with Crippen LogP contribution in [0.3, 0.4) is 0 Å². The van der Waals surface area contributed by atoms with Gasteiger partial charge in [-0.05, 0) is 37.1 Å². The van der Waals surface area contributed by atoms with E-state index >= 15 is 0 Å². The van der Waals surface area contributed by atoms with Crippen LogP contribution in [0.2, 0.25) is 5.02 Å². The van der Waals surface area contributed by atoms with E-state index in [0.29, 0.717) is 28.0 Å². The van der Waals surface area contributed by atoms with Crippen molar-refractivity contribution >= 4 is 34.7 Å². The number of carbonyl (C=O) groups excluding carboxylic acids is 1. The second-order valence-electron chi connectivity index (χ2n) is 7.25. The first-order valence-electron chi connectivity index (χ1n) is 10.3. The van der Waals surface area contributed by atoms with Crippen molar-refractivity contribution in [3.8, 4) is 17.1 Å². The number of amides is 1. The topological polar surface area (TPSA) is 89.0 Å². The van der Waals surface area contributed by atoms with E-state index in [2.05, 4.69) is 39.4 Å². The molecule has 9 heteroatoms. The average Bonchev–Trinajstić information content (AvgIpc) is 3.63. The summed E-state index contributed by atoms with van der Waals surface area (Å²) in [5.74, 6) is 0.321. The zero-order valence-electron chi connectivity index (χ0n) is 18.2. The maximum Gasteiger partial charge on any atom is 0.227 e. The molecule has 0 aliphatic heterocycles. The third kappa shape index (κ3) is 5.91. The van der Waals surface area contributed by atoms with Gasteiger partial charge in [0.15, 0.2) is 17.4 Å². The predicted octanol–water partition coefficient (Wildman–Crippen LogP) is 5.85. The Balaban J connectivity index is 0.000000913. The number of carbonyl (C=O) groups is 1. The van der Waals surface area contributed by atoms with Crippen LogP contribution in [0.15, 0.2) is 42.9 Å². The van der Waals surface area contributed by atoms with Crippen molar-refractivity contribution in [1.29, 1.82) is 0 Å². The number of nitrogens with zero attached hydrogens (tertiary/aromatic N) is 3. The summed E-state index contributed by atoms with van der Waals surface area (Å²) in [5, 5.41) is 6.35. The SMILES string of the molecule is CCC.COc1cnc(-c2cc(Cl)ccc2F)nc1Nc1ccncc1NC(=O)C1CC1. The van der Waals surface area contributed by atoms with E-state index in [1.54, 1.807) is 18.5 Å². The first-order valence-corrected chi connectivity index (χ1v) is 10.7. The van der Waals surface area contributed by atoms with E-state index < -0.39 is 5.82 Å². The Morgan fingerprint density at radius 2 is 1.97 bits per heavy atom. The normalized spacial score (nSPS) is 12.4. The lowest BCUT2D eigenvalue weighted by Crippen LogP contribution is -2.15. The molecule has 2 heterocycles. The lowest BCUT2D eigenvalue weighted by atomic mass is 10.2. The van der Waals surface area contributed by atoms with Crippen LogP contribution in [0.4, 0.5) is 21.6 Å². The second kappa shape index (κ2) is 10.9. The van der Waals surface area contributed by atoms with Gasteiger partial charge in [0.25, 0.3) is 0 Å².